The number of ether oxygens (including phenoxy) is 1. The van der Waals surface area contributed by atoms with Crippen LogP contribution < -0.4 is 4.74 Å². The van der Waals surface area contributed by atoms with Crippen molar-refractivity contribution in [1.82, 2.24) is 4.90 Å². The lowest BCUT2D eigenvalue weighted by Gasteiger charge is -2.29. The highest BCUT2D eigenvalue weighted by molar-refractivity contribution is 5.43. The van der Waals surface area contributed by atoms with E-state index in [0.29, 0.717) is 6.04 Å². The largest absolute Gasteiger partial charge is 0.497 e. The molecule has 0 saturated heterocycles. The Hall–Kier alpha value is -1.02. The summed E-state index contributed by atoms with van der Waals surface area (Å²) in [6, 6.07) is 8.56. The predicted octanol–water partition coefficient (Wildman–Crippen LogP) is 2.70. The summed E-state index contributed by atoms with van der Waals surface area (Å²) in [7, 11) is 5.89. The molecule has 5 radical (unpaired) electrons. The van der Waals surface area contributed by atoms with Gasteiger partial charge in [0.15, 0.2) is 0 Å². The topological polar surface area (TPSA) is 12.5 Å². The fourth-order valence-corrected chi connectivity index (χ4v) is 2.15. The molecule has 2 nitrogen and oxygen atoms in total. The molecule has 2 rings (SSSR count). The minimum absolute atomic E-state index is 0.302. The molecule has 1 atom stereocenters. The van der Waals surface area contributed by atoms with Crippen LogP contribution in [0, 0.1) is 31.6 Å². The number of hydrogen-bond donors (Lipinski definition) is 0. The third kappa shape index (κ3) is 2.81. The van der Waals surface area contributed by atoms with E-state index >= 15 is 0 Å². The van der Waals surface area contributed by atoms with E-state index in [-0.39, 0.29) is 0 Å². The van der Waals surface area contributed by atoms with Crippen LogP contribution in [0.25, 0.3) is 0 Å². The monoisotopic (exact) mass is 228 g/mol. The molecule has 0 amide bonds. The Bertz CT molecular complexity index is 338. The second-order valence-corrected chi connectivity index (χ2v) is 4.36. The minimum Gasteiger partial charge on any atom is -0.497 e. The fraction of sp³-hybridized carbons (Fsp3) is 0.267. The Balaban J connectivity index is 2.19. The number of hydrogen-bond acceptors (Lipinski definition) is 2. The molecule has 0 bridgehead atoms. The Labute approximate surface area is 105 Å². The molecule has 1 aromatic rings. The van der Waals surface area contributed by atoms with Crippen LogP contribution in [0.5, 0.6) is 5.75 Å². The maximum atomic E-state index is 5.19. The number of benzene rings is 1. The van der Waals surface area contributed by atoms with Gasteiger partial charge in [-0.1, -0.05) is 12.1 Å². The van der Waals surface area contributed by atoms with Crippen LogP contribution in [0.4, 0.5) is 0 Å². The fourth-order valence-electron chi connectivity index (χ4n) is 2.15. The molecule has 1 aromatic carbocycles. The Morgan fingerprint density at radius 3 is 2.06 bits per heavy atom. The zero-order chi connectivity index (χ0) is 12.3. The van der Waals surface area contributed by atoms with Gasteiger partial charge in [0, 0.05) is 12.0 Å². The van der Waals surface area contributed by atoms with Crippen LogP contribution in [-0.2, 0) is 0 Å². The smallest absolute Gasteiger partial charge is 0.118 e. The van der Waals surface area contributed by atoms with Crippen molar-refractivity contribution in [2.75, 3.05) is 21.2 Å². The highest BCUT2D eigenvalue weighted by Gasteiger charge is 2.29. The molecule has 89 valence electrons. The molecule has 0 aliphatic heterocycles. The summed E-state index contributed by atoms with van der Waals surface area (Å²) in [5.41, 5.74) is 1.28. The summed E-state index contributed by atoms with van der Waals surface area (Å²) in [4.78, 5) is 2.22. The van der Waals surface area contributed by atoms with Gasteiger partial charge >= 0.3 is 0 Å². The summed E-state index contributed by atoms with van der Waals surface area (Å²) in [5.74, 6) is 2.22. The summed E-state index contributed by atoms with van der Waals surface area (Å²) < 4.78 is 5.19. The molecule has 0 heterocycles. The van der Waals surface area contributed by atoms with Gasteiger partial charge in [-0.2, -0.15) is 0 Å². The van der Waals surface area contributed by atoms with Gasteiger partial charge in [-0.05, 0) is 57.5 Å². The second-order valence-electron chi connectivity index (χ2n) is 4.36. The summed E-state index contributed by atoms with van der Waals surface area (Å²) in [6.45, 7) is 0. The van der Waals surface area contributed by atoms with E-state index in [1.165, 1.54) is 11.5 Å². The highest BCUT2D eigenvalue weighted by Crippen LogP contribution is 2.38. The van der Waals surface area contributed by atoms with Crippen LogP contribution in [0.2, 0.25) is 0 Å². The lowest BCUT2D eigenvalue weighted by atomic mass is 9.91. The van der Waals surface area contributed by atoms with Gasteiger partial charge in [0.2, 0.25) is 0 Å². The first-order valence-electron chi connectivity index (χ1n) is 5.74. The molecule has 1 saturated carbocycles. The molecule has 0 aromatic heterocycles. The van der Waals surface area contributed by atoms with Crippen LogP contribution in [0.15, 0.2) is 24.3 Å². The molecule has 2 heteroatoms. The molecule has 1 unspecified atom stereocenters. The molecule has 0 N–H and O–H groups in total. The first-order chi connectivity index (χ1) is 8.22. The summed E-state index contributed by atoms with van der Waals surface area (Å²) in [6.07, 6.45) is 8.48. The van der Waals surface area contributed by atoms with Gasteiger partial charge in [0.25, 0.3) is 0 Å². The Kier molecular flexibility index (Phi) is 4.06. The number of methoxy groups -OCH3 is 1. The quantitative estimate of drug-likeness (QED) is 0.785. The molecular formula is C15H18NO. The molecule has 0 spiro atoms. The van der Waals surface area contributed by atoms with Crippen molar-refractivity contribution in [2.45, 2.75) is 6.04 Å². The third-order valence-corrected chi connectivity index (χ3v) is 2.95. The van der Waals surface area contributed by atoms with Crippen molar-refractivity contribution in [3.05, 3.63) is 61.4 Å². The van der Waals surface area contributed by atoms with Crippen molar-refractivity contribution < 1.29 is 4.74 Å². The molecule has 1 aliphatic rings. The van der Waals surface area contributed by atoms with Crippen LogP contribution in [-0.4, -0.2) is 26.1 Å². The lowest BCUT2D eigenvalue weighted by molar-refractivity contribution is 0.320. The number of nitrogens with zero attached hydrogens (tertiary/aromatic N) is 1. The van der Waals surface area contributed by atoms with Gasteiger partial charge in [-0.25, -0.2) is 0 Å². The average molecular weight is 228 g/mol. The van der Waals surface area contributed by atoms with E-state index in [4.69, 9.17) is 4.74 Å². The van der Waals surface area contributed by atoms with E-state index in [9.17, 15) is 0 Å². The summed E-state index contributed by atoms with van der Waals surface area (Å²) in [5, 5.41) is 0. The SMILES string of the molecule is COc1ccc(C([C]2[CH][CH][CH][CH]2)N(C)C)cc1. The maximum absolute atomic E-state index is 5.19. The van der Waals surface area contributed by atoms with Crippen molar-refractivity contribution in [3.63, 3.8) is 0 Å². The van der Waals surface area contributed by atoms with E-state index in [2.05, 4.69) is 56.8 Å². The normalized spacial score (nSPS) is 18.6. The van der Waals surface area contributed by atoms with E-state index < -0.39 is 0 Å². The Morgan fingerprint density at radius 1 is 1.00 bits per heavy atom. The van der Waals surface area contributed by atoms with Crippen LogP contribution in [0.1, 0.15) is 11.6 Å². The van der Waals surface area contributed by atoms with Gasteiger partial charge < -0.3 is 9.64 Å². The lowest BCUT2D eigenvalue weighted by Crippen LogP contribution is -2.25. The van der Waals surface area contributed by atoms with Gasteiger partial charge in [-0.3, -0.25) is 0 Å². The minimum atomic E-state index is 0.302. The van der Waals surface area contributed by atoms with E-state index in [0.717, 1.165) is 5.75 Å². The molecule has 1 fully saturated rings. The van der Waals surface area contributed by atoms with Crippen molar-refractivity contribution >= 4 is 0 Å². The van der Waals surface area contributed by atoms with E-state index in [1.807, 2.05) is 12.1 Å². The van der Waals surface area contributed by atoms with E-state index in [1.54, 1.807) is 7.11 Å². The maximum Gasteiger partial charge on any atom is 0.118 e. The first kappa shape index (κ1) is 12.4. The molecule has 1 aliphatic carbocycles. The summed E-state index contributed by atoms with van der Waals surface area (Å²) >= 11 is 0. The first-order valence-corrected chi connectivity index (χ1v) is 5.74. The van der Waals surface area contributed by atoms with Gasteiger partial charge in [0.1, 0.15) is 5.75 Å². The molecule has 17 heavy (non-hydrogen) atoms. The highest BCUT2D eigenvalue weighted by atomic mass is 16.5. The third-order valence-electron chi connectivity index (χ3n) is 2.95. The van der Waals surface area contributed by atoms with Crippen LogP contribution >= 0.6 is 0 Å². The van der Waals surface area contributed by atoms with Crippen molar-refractivity contribution in [2.24, 2.45) is 0 Å². The zero-order valence-electron chi connectivity index (χ0n) is 10.6. The zero-order valence-corrected chi connectivity index (χ0v) is 10.6. The van der Waals surface area contributed by atoms with Gasteiger partial charge in [0.05, 0.1) is 7.11 Å². The second kappa shape index (κ2) is 5.54. The van der Waals surface area contributed by atoms with Crippen molar-refractivity contribution in [1.29, 1.82) is 0 Å². The average Bonchev–Trinajstić information content (AvgIpc) is 2.83. The van der Waals surface area contributed by atoms with Crippen LogP contribution in [0.3, 0.4) is 0 Å². The standard InChI is InChI=1S/C15H18NO/c1-16(2)15(12-6-4-5-7-12)13-8-10-14(17-3)11-9-13/h4-11,15H,1-3H3. The van der Waals surface area contributed by atoms with Gasteiger partial charge in [-0.15, -0.1) is 0 Å². The predicted molar refractivity (Wildman–Crippen MR) is 69.9 cm³/mol. The molecular weight excluding hydrogens is 210 g/mol. The number of rotatable bonds is 4. The Morgan fingerprint density at radius 2 is 1.59 bits per heavy atom. The van der Waals surface area contributed by atoms with Crippen molar-refractivity contribution in [3.8, 4) is 5.75 Å².